The monoisotopic (exact) mass is 221 g/mol. The molecule has 1 heterocycles. The molecule has 1 fully saturated rings. The summed E-state index contributed by atoms with van der Waals surface area (Å²) < 4.78 is 30.0. The largest absolute Gasteiger partial charge is 0.381 e. The predicted octanol–water partition coefficient (Wildman–Crippen LogP) is 0.742. The zero-order chi connectivity index (χ0) is 10.4. The summed E-state index contributed by atoms with van der Waals surface area (Å²) in [5.41, 5.74) is 0. The molecule has 0 radical (unpaired) electrons. The van der Waals surface area contributed by atoms with Gasteiger partial charge in [0.15, 0.2) is 0 Å². The third-order valence-corrected chi connectivity index (χ3v) is 4.00. The molecule has 1 saturated heterocycles. The van der Waals surface area contributed by atoms with Crippen LogP contribution in [0.5, 0.6) is 0 Å². The molecule has 0 spiro atoms. The van der Waals surface area contributed by atoms with Crippen molar-refractivity contribution in [3.63, 3.8) is 0 Å². The van der Waals surface area contributed by atoms with E-state index in [1.54, 1.807) is 6.92 Å². The van der Waals surface area contributed by atoms with Crippen LogP contribution in [0.15, 0.2) is 0 Å². The summed E-state index contributed by atoms with van der Waals surface area (Å²) in [6.07, 6.45) is 3.06. The van der Waals surface area contributed by atoms with Crippen molar-refractivity contribution in [3.05, 3.63) is 0 Å². The Morgan fingerprint density at radius 2 is 2.00 bits per heavy atom. The number of rotatable bonds is 5. The molecule has 0 aromatic carbocycles. The van der Waals surface area contributed by atoms with Crippen LogP contribution in [0.3, 0.4) is 0 Å². The van der Waals surface area contributed by atoms with E-state index in [1.807, 2.05) is 0 Å². The molecule has 0 aromatic rings. The predicted molar refractivity (Wildman–Crippen MR) is 55.6 cm³/mol. The summed E-state index contributed by atoms with van der Waals surface area (Å²) in [4.78, 5) is 0. The van der Waals surface area contributed by atoms with Crippen molar-refractivity contribution in [2.45, 2.75) is 26.2 Å². The van der Waals surface area contributed by atoms with Gasteiger partial charge in [0.05, 0.1) is 5.75 Å². The standard InChI is InChI=1S/C9H19NO3S/c1-2-14(11,12)10-6-3-9-4-7-13-8-5-9/h9-10H,2-8H2,1H3. The van der Waals surface area contributed by atoms with Crippen molar-refractivity contribution in [1.82, 2.24) is 4.72 Å². The summed E-state index contributed by atoms with van der Waals surface area (Å²) in [6.45, 7) is 3.87. The second kappa shape index (κ2) is 5.68. The average Bonchev–Trinajstić information content (AvgIpc) is 2.19. The molecule has 84 valence electrons. The lowest BCUT2D eigenvalue weighted by molar-refractivity contribution is 0.0644. The average molecular weight is 221 g/mol. The third-order valence-electron chi connectivity index (χ3n) is 2.60. The Balaban J connectivity index is 2.14. The lowest BCUT2D eigenvalue weighted by atomic mass is 9.97. The van der Waals surface area contributed by atoms with E-state index in [-0.39, 0.29) is 5.75 Å². The molecule has 0 saturated carbocycles. The SMILES string of the molecule is CCS(=O)(=O)NCCC1CCOCC1. The van der Waals surface area contributed by atoms with Crippen LogP contribution in [0.4, 0.5) is 0 Å². The summed E-state index contributed by atoms with van der Waals surface area (Å²) in [5.74, 6) is 0.795. The van der Waals surface area contributed by atoms with E-state index in [2.05, 4.69) is 4.72 Å². The molecule has 0 aliphatic carbocycles. The van der Waals surface area contributed by atoms with E-state index in [0.29, 0.717) is 12.5 Å². The topological polar surface area (TPSA) is 55.4 Å². The number of hydrogen-bond donors (Lipinski definition) is 1. The van der Waals surface area contributed by atoms with Gasteiger partial charge in [-0.2, -0.15) is 0 Å². The van der Waals surface area contributed by atoms with Crippen LogP contribution in [-0.4, -0.2) is 33.9 Å². The molecule has 1 N–H and O–H groups in total. The molecule has 0 bridgehead atoms. The maximum absolute atomic E-state index is 11.1. The van der Waals surface area contributed by atoms with Crippen molar-refractivity contribution in [2.75, 3.05) is 25.5 Å². The first-order valence-corrected chi connectivity index (χ1v) is 6.84. The Labute approximate surface area is 86.1 Å². The van der Waals surface area contributed by atoms with Gasteiger partial charge < -0.3 is 4.74 Å². The van der Waals surface area contributed by atoms with Gasteiger partial charge in [-0.05, 0) is 32.1 Å². The number of nitrogens with one attached hydrogen (secondary N) is 1. The first-order valence-electron chi connectivity index (χ1n) is 5.19. The first-order chi connectivity index (χ1) is 6.64. The van der Waals surface area contributed by atoms with Crippen molar-refractivity contribution in [1.29, 1.82) is 0 Å². The molecule has 14 heavy (non-hydrogen) atoms. The highest BCUT2D eigenvalue weighted by molar-refractivity contribution is 7.89. The summed E-state index contributed by atoms with van der Waals surface area (Å²) >= 11 is 0. The van der Waals surface area contributed by atoms with Crippen LogP contribution in [0.2, 0.25) is 0 Å². The first kappa shape index (κ1) is 11.9. The second-order valence-electron chi connectivity index (χ2n) is 3.64. The van der Waals surface area contributed by atoms with Crippen LogP contribution in [0.1, 0.15) is 26.2 Å². The van der Waals surface area contributed by atoms with Crippen LogP contribution < -0.4 is 4.72 Å². The normalized spacial score (nSPS) is 19.8. The summed E-state index contributed by atoms with van der Waals surface area (Å²) in [7, 11) is -3.00. The highest BCUT2D eigenvalue weighted by Gasteiger charge is 2.14. The molecule has 1 aliphatic heterocycles. The van der Waals surface area contributed by atoms with Gasteiger partial charge in [-0.25, -0.2) is 13.1 Å². The van der Waals surface area contributed by atoms with Crippen molar-refractivity contribution < 1.29 is 13.2 Å². The van der Waals surface area contributed by atoms with Gasteiger partial charge >= 0.3 is 0 Å². The smallest absolute Gasteiger partial charge is 0.211 e. The fraction of sp³-hybridized carbons (Fsp3) is 1.00. The number of hydrogen-bond acceptors (Lipinski definition) is 3. The molecule has 0 unspecified atom stereocenters. The number of ether oxygens (including phenoxy) is 1. The minimum absolute atomic E-state index is 0.167. The van der Waals surface area contributed by atoms with Crippen LogP contribution in [0, 0.1) is 5.92 Å². The molecule has 0 aromatic heterocycles. The van der Waals surface area contributed by atoms with Crippen molar-refractivity contribution in [2.24, 2.45) is 5.92 Å². The molecular weight excluding hydrogens is 202 g/mol. The lowest BCUT2D eigenvalue weighted by Gasteiger charge is -2.21. The Morgan fingerprint density at radius 3 is 2.57 bits per heavy atom. The van der Waals surface area contributed by atoms with Gasteiger partial charge in [-0.3, -0.25) is 0 Å². The minimum atomic E-state index is -3.00. The van der Waals surface area contributed by atoms with Crippen molar-refractivity contribution >= 4 is 10.0 Å². The van der Waals surface area contributed by atoms with E-state index in [4.69, 9.17) is 4.74 Å². The van der Waals surface area contributed by atoms with E-state index in [1.165, 1.54) is 0 Å². The van der Waals surface area contributed by atoms with E-state index < -0.39 is 10.0 Å². The Morgan fingerprint density at radius 1 is 1.36 bits per heavy atom. The Kier molecular flexibility index (Phi) is 4.84. The Hall–Kier alpha value is -0.130. The number of sulfonamides is 1. The van der Waals surface area contributed by atoms with Crippen molar-refractivity contribution in [3.8, 4) is 0 Å². The molecule has 4 nitrogen and oxygen atoms in total. The van der Waals surface area contributed by atoms with Gasteiger partial charge in [0.2, 0.25) is 10.0 Å². The van der Waals surface area contributed by atoms with E-state index >= 15 is 0 Å². The summed E-state index contributed by atoms with van der Waals surface area (Å²) in [6, 6.07) is 0. The quantitative estimate of drug-likeness (QED) is 0.745. The maximum atomic E-state index is 11.1. The van der Waals surface area contributed by atoms with Gasteiger partial charge in [-0.1, -0.05) is 0 Å². The van der Waals surface area contributed by atoms with Gasteiger partial charge in [0, 0.05) is 19.8 Å². The molecule has 1 rings (SSSR count). The third kappa shape index (κ3) is 4.39. The molecule has 1 aliphatic rings. The minimum Gasteiger partial charge on any atom is -0.381 e. The molecular formula is C9H19NO3S. The van der Waals surface area contributed by atoms with Gasteiger partial charge in [-0.15, -0.1) is 0 Å². The van der Waals surface area contributed by atoms with Crippen LogP contribution in [0.25, 0.3) is 0 Å². The highest BCUT2D eigenvalue weighted by Crippen LogP contribution is 2.17. The fourth-order valence-electron chi connectivity index (χ4n) is 1.56. The maximum Gasteiger partial charge on any atom is 0.211 e. The Bertz CT molecular complexity index is 245. The fourth-order valence-corrected chi connectivity index (χ4v) is 2.19. The van der Waals surface area contributed by atoms with Gasteiger partial charge in [0.25, 0.3) is 0 Å². The zero-order valence-electron chi connectivity index (χ0n) is 8.66. The molecule has 0 amide bonds. The van der Waals surface area contributed by atoms with E-state index in [9.17, 15) is 8.42 Å². The summed E-state index contributed by atoms with van der Waals surface area (Å²) in [5, 5.41) is 0. The highest BCUT2D eigenvalue weighted by atomic mass is 32.2. The lowest BCUT2D eigenvalue weighted by Crippen LogP contribution is -2.28. The zero-order valence-corrected chi connectivity index (χ0v) is 9.48. The van der Waals surface area contributed by atoms with E-state index in [0.717, 1.165) is 32.5 Å². The molecule has 0 atom stereocenters. The van der Waals surface area contributed by atoms with Gasteiger partial charge in [0.1, 0.15) is 0 Å². The molecule has 5 heteroatoms. The van der Waals surface area contributed by atoms with Crippen LogP contribution in [-0.2, 0) is 14.8 Å². The van der Waals surface area contributed by atoms with Crippen LogP contribution >= 0.6 is 0 Å². The second-order valence-corrected chi connectivity index (χ2v) is 5.74.